The summed E-state index contributed by atoms with van der Waals surface area (Å²) in [6.07, 6.45) is 2.49. The van der Waals surface area contributed by atoms with Crippen LogP contribution in [0.1, 0.15) is 52.4 Å². The van der Waals surface area contributed by atoms with E-state index in [0.717, 1.165) is 10.9 Å². The van der Waals surface area contributed by atoms with Crippen LogP contribution in [0.3, 0.4) is 0 Å². The first-order chi connectivity index (χ1) is 13.0. The minimum atomic E-state index is -0.349. The van der Waals surface area contributed by atoms with Gasteiger partial charge in [-0.3, -0.25) is 4.79 Å². The molecule has 5 nitrogen and oxygen atoms in total. The number of amides is 1. The summed E-state index contributed by atoms with van der Waals surface area (Å²) in [4.78, 5) is 11.9. The maximum absolute atomic E-state index is 11.9. The molecule has 0 aliphatic heterocycles. The lowest BCUT2D eigenvalue weighted by atomic mass is 9.72. The van der Waals surface area contributed by atoms with Crippen molar-refractivity contribution in [3.05, 3.63) is 50.8 Å². The van der Waals surface area contributed by atoms with Gasteiger partial charge in [0.25, 0.3) is 5.91 Å². The lowest BCUT2D eigenvalue weighted by Gasteiger charge is -2.33. The fraction of sp³-hybridized carbons (Fsp3) is 0.429. The molecule has 1 aromatic carbocycles. The number of nitrogens with one attached hydrogen (secondary N) is 1. The normalized spacial score (nSPS) is 12.4. The van der Waals surface area contributed by atoms with Crippen LogP contribution in [-0.2, 0) is 10.2 Å². The van der Waals surface area contributed by atoms with Crippen molar-refractivity contribution in [1.29, 1.82) is 0 Å². The predicted molar refractivity (Wildman–Crippen MR) is 119 cm³/mol. The van der Waals surface area contributed by atoms with E-state index in [-0.39, 0.29) is 23.3 Å². The van der Waals surface area contributed by atoms with Crippen molar-refractivity contribution in [2.45, 2.75) is 46.5 Å². The second-order valence-corrected chi connectivity index (χ2v) is 10.1. The van der Waals surface area contributed by atoms with E-state index < -0.39 is 0 Å². The van der Waals surface area contributed by atoms with Crippen LogP contribution in [0.2, 0.25) is 0 Å². The molecule has 1 aromatic heterocycles. The molecule has 152 valence electrons. The van der Waals surface area contributed by atoms with Gasteiger partial charge in [0.05, 0.1) is 10.7 Å². The Morgan fingerprint density at radius 1 is 1.18 bits per heavy atom. The summed E-state index contributed by atoms with van der Waals surface area (Å²) < 4.78 is 12.2. The van der Waals surface area contributed by atoms with Crippen LogP contribution in [0.15, 0.2) is 49.0 Å². The molecule has 2 rings (SSSR count). The number of hydrazone groups is 1. The minimum absolute atomic E-state index is 0.0682. The SMILES string of the molecule is CC(C)(C)CC(C)(C)c1ccc(OCC(=O)N/N=C\c2cc(Br)c(Br)o2)cc1. The first-order valence-electron chi connectivity index (χ1n) is 8.96. The molecule has 0 saturated heterocycles. The average Bonchev–Trinajstić information content (AvgIpc) is 2.89. The Labute approximate surface area is 183 Å². The molecule has 2 aromatic rings. The summed E-state index contributed by atoms with van der Waals surface area (Å²) >= 11 is 6.55. The average molecular weight is 514 g/mol. The van der Waals surface area contributed by atoms with Crippen molar-refractivity contribution < 1.29 is 13.9 Å². The highest BCUT2D eigenvalue weighted by Gasteiger charge is 2.27. The number of carbonyl (C=O) groups is 1. The van der Waals surface area contributed by atoms with Gasteiger partial charge in [-0.1, -0.05) is 46.8 Å². The Morgan fingerprint density at radius 3 is 2.36 bits per heavy atom. The van der Waals surface area contributed by atoms with E-state index in [1.807, 2.05) is 12.1 Å². The Hall–Kier alpha value is -1.60. The fourth-order valence-electron chi connectivity index (χ4n) is 3.21. The molecule has 0 spiro atoms. The van der Waals surface area contributed by atoms with Crippen LogP contribution in [-0.4, -0.2) is 18.7 Å². The highest BCUT2D eigenvalue weighted by atomic mass is 79.9. The fourth-order valence-corrected chi connectivity index (χ4v) is 3.81. The first-order valence-corrected chi connectivity index (χ1v) is 10.5. The molecular formula is C21H26Br2N2O3. The highest BCUT2D eigenvalue weighted by molar-refractivity contribution is 9.13. The van der Waals surface area contributed by atoms with Crippen LogP contribution in [0.25, 0.3) is 0 Å². The molecule has 0 aliphatic rings. The number of nitrogens with zero attached hydrogens (tertiary/aromatic N) is 1. The van der Waals surface area contributed by atoms with Gasteiger partial charge in [-0.05, 0) is 66.8 Å². The number of ether oxygens (including phenoxy) is 1. The van der Waals surface area contributed by atoms with Crippen LogP contribution >= 0.6 is 31.9 Å². The van der Waals surface area contributed by atoms with Gasteiger partial charge in [-0.2, -0.15) is 5.10 Å². The molecule has 0 radical (unpaired) electrons. The van der Waals surface area contributed by atoms with E-state index in [0.29, 0.717) is 16.2 Å². The van der Waals surface area contributed by atoms with E-state index in [1.54, 1.807) is 6.07 Å². The van der Waals surface area contributed by atoms with Crippen LogP contribution in [0.5, 0.6) is 5.75 Å². The molecule has 0 atom stereocenters. The summed E-state index contributed by atoms with van der Waals surface area (Å²) in [5, 5.41) is 3.85. The van der Waals surface area contributed by atoms with Crippen LogP contribution in [0, 0.1) is 5.41 Å². The smallest absolute Gasteiger partial charge is 0.277 e. The molecule has 1 heterocycles. The van der Waals surface area contributed by atoms with Crippen molar-refractivity contribution in [3.8, 4) is 5.75 Å². The van der Waals surface area contributed by atoms with Gasteiger partial charge in [-0.25, -0.2) is 5.43 Å². The second-order valence-electron chi connectivity index (χ2n) is 8.50. The number of carbonyl (C=O) groups excluding carboxylic acids is 1. The number of furan rings is 1. The number of halogens is 2. The Morgan fingerprint density at radius 2 is 1.82 bits per heavy atom. The third kappa shape index (κ3) is 7.09. The number of rotatable bonds is 7. The van der Waals surface area contributed by atoms with Crippen LogP contribution in [0.4, 0.5) is 0 Å². The first kappa shape index (κ1) is 22.7. The molecule has 1 amide bonds. The van der Waals surface area contributed by atoms with Crippen molar-refractivity contribution in [2.24, 2.45) is 10.5 Å². The van der Waals surface area contributed by atoms with E-state index in [2.05, 4.69) is 89.1 Å². The van der Waals surface area contributed by atoms with Gasteiger partial charge in [0.2, 0.25) is 0 Å². The predicted octanol–water partition coefficient (Wildman–Crippen LogP) is 6.05. The Bertz CT molecular complexity index is 815. The van der Waals surface area contributed by atoms with E-state index in [4.69, 9.17) is 9.15 Å². The third-order valence-corrected chi connectivity index (χ3v) is 5.73. The van der Waals surface area contributed by atoms with Crippen LogP contribution < -0.4 is 10.2 Å². The van der Waals surface area contributed by atoms with Gasteiger partial charge >= 0.3 is 0 Å². The van der Waals surface area contributed by atoms with Crippen molar-refractivity contribution in [3.63, 3.8) is 0 Å². The van der Waals surface area contributed by atoms with E-state index in [1.165, 1.54) is 11.8 Å². The molecule has 0 saturated carbocycles. The molecular weight excluding hydrogens is 488 g/mol. The molecule has 1 N–H and O–H groups in total. The van der Waals surface area contributed by atoms with Crippen molar-refractivity contribution in [2.75, 3.05) is 6.61 Å². The highest BCUT2D eigenvalue weighted by Crippen LogP contribution is 2.36. The maximum atomic E-state index is 11.9. The summed E-state index contributed by atoms with van der Waals surface area (Å²) in [6.45, 7) is 11.1. The molecule has 0 aliphatic carbocycles. The summed E-state index contributed by atoms with van der Waals surface area (Å²) in [7, 11) is 0. The molecule has 0 unspecified atom stereocenters. The summed E-state index contributed by atoms with van der Waals surface area (Å²) in [5.41, 5.74) is 3.97. The number of hydrogen-bond donors (Lipinski definition) is 1. The van der Waals surface area contributed by atoms with E-state index in [9.17, 15) is 4.79 Å². The quantitative estimate of drug-likeness (QED) is 0.362. The topological polar surface area (TPSA) is 63.8 Å². The summed E-state index contributed by atoms with van der Waals surface area (Å²) in [5.74, 6) is 0.805. The minimum Gasteiger partial charge on any atom is -0.484 e. The lowest BCUT2D eigenvalue weighted by molar-refractivity contribution is -0.123. The Kier molecular flexibility index (Phi) is 7.51. The Balaban J connectivity index is 1.84. The third-order valence-electron chi connectivity index (χ3n) is 4.02. The van der Waals surface area contributed by atoms with Crippen molar-refractivity contribution >= 4 is 44.0 Å². The van der Waals surface area contributed by atoms with Gasteiger partial charge in [0, 0.05) is 6.07 Å². The van der Waals surface area contributed by atoms with Gasteiger partial charge in [0.15, 0.2) is 11.3 Å². The lowest BCUT2D eigenvalue weighted by Crippen LogP contribution is -2.25. The number of benzene rings is 1. The molecule has 0 fully saturated rings. The second kappa shape index (κ2) is 9.27. The molecule has 28 heavy (non-hydrogen) atoms. The maximum Gasteiger partial charge on any atom is 0.277 e. The molecule has 0 bridgehead atoms. The van der Waals surface area contributed by atoms with Gasteiger partial charge < -0.3 is 9.15 Å². The molecule has 7 heteroatoms. The zero-order valence-corrected chi connectivity index (χ0v) is 20.0. The van der Waals surface area contributed by atoms with E-state index >= 15 is 0 Å². The largest absolute Gasteiger partial charge is 0.484 e. The standard InChI is InChI=1S/C21H26Br2N2O3/c1-20(2,3)13-21(4,5)14-6-8-15(9-7-14)27-12-18(26)25-24-11-16-10-17(22)19(23)28-16/h6-11H,12-13H2,1-5H3,(H,25,26)/b24-11-. The van der Waals surface area contributed by atoms with Crippen molar-refractivity contribution in [1.82, 2.24) is 5.43 Å². The van der Waals surface area contributed by atoms with Gasteiger partial charge in [-0.15, -0.1) is 0 Å². The zero-order valence-electron chi connectivity index (χ0n) is 16.8. The van der Waals surface area contributed by atoms with Gasteiger partial charge in [0.1, 0.15) is 11.5 Å². The summed E-state index contributed by atoms with van der Waals surface area (Å²) in [6, 6.07) is 9.65. The monoisotopic (exact) mass is 512 g/mol. The number of hydrogen-bond acceptors (Lipinski definition) is 4. The zero-order chi connectivity index (χ0) is 20.9.